The van der Waals surface area contributed by atoms with Gasteiger partial charge in [-0.15, -0.1) is 0 Å². The summed E-state index contributed by atoms with van der Waals surface area (Å²) in [5.41, 5.74) is 0.972. The third-order valence-electron chi connectivity index (χ3n) is 3.46. The maximum atomic E-state index is 12.3. The van der Waals surface area contributed by atoms with E-state index in [0.29, 0.717) is 35.5 Å². The number of benzene rings is 1. The Hall–Kier alpha value is -0.920. The van der Waals surface area contributed by atoms with Gasteiger partial charge in [0.15, 0.2) is 0 Å². The van der Waals surface area contributed by atoms with Crippen LogP contribution in [-0.4, -0.2) is 36.1 Å². The molecule has 0 bridgehead atoms. The molecule has 8 heteroatoms. The van der Waals surface area contributed by atoms with Crippen molar-refractivity contribution in [1.29, 1.82) is 0 Å². The second-order valence-electron chi connectivity index (χ2n) is 5.01. The van der Waals surface area contributed by atoms with Crippen LogP contribution >= 0.6 is 10.7 Å². The van der Waals surface area contributed by atoms with Crippen LogP contribution in [0.5, 0.6) is 0 Å². The minimum absolute atomic E-state index is 0.0223. The molecule has 21 heavy (non-hydrogen) atoms. The van der Waals surface area contributed by atoms with Gasteiger partial charge in [0.1, 0.15) is 0 Å². The van der Waals surface area contributed by atoms with Crippen LogP contribution in [-0.2, 0) is 19.9 Å². The van der Waals surface area contributed by atoms with E-state index in [-0.39, 0.29) is 16.8 Å². The monoisotopic (exact) mass is 349 g/mol. The van der Waals surface area contributed by atoms with E-state index in [1.54, 1.807) is 13.0 Å². The fourth-order valence-electron chi connectivity index (χ4n) is 2.20. The number of nitrogens with one attached hydrogen (secondary N) is 1. The fourth-order valence-corrected chi connectivity index (χ4v) is 4.27. The molecule has 5 nitrogen and oxygen atoms in total. The van der Waals surface area contributed by atoms with Crippen molar-refractivity contribution in [3.8, 4) is 0 Å². The first-order valence-electron chi connectivity index (χ1n) is 6.48. The van der Waals surface area contributed by atoms with Crippen LogP contribution in [0, 0.1) is 6.92 Å². The van der Waals surface area contributed by atoms with Crippen molar-refractivity contribution >= 4 is 36.4 Å². The molecule has 1 aliphatic rings. The first kappa shape index (κ1) is 16.5. The van der Waals surface area contributed by atoms with Crippen LogP contribution in [0.4, 0.5) is 0 Å². The lowest BCUT2D eigenvalue weighted by molar-refractivity contribution is 0.0933. The molecule has 1 saturated heterocycles. The molecular formula is C13H16ClNO4S2. The summed E-state index contributed by atoms with van der Waals surface area (Å²) < 4.78 is 34.0. The first-order valence-corrected chi connectivity index (χ1v) is 10.3. The highest BCUT2D eigenvalue weighted by molar-refractivity contribution is 8.13. The lowest BCUT2D eigenvalue weighted by Crippen LogP contribution is -2.39. The highest BCUT2D eigenvalue weighted by atomic mass is 35.7. The fraction of sp³-hybridized carbons (Fsp3) is 0.462. The predicted molar refractivity (Wildman–Crippen MR) is 82.6 cm³/mol. The van der Waals surface area contributed by atoms with Crippen molar-refractivity contribution in [1.82, 2.24) is 5.32 Å². The number of carbonyl (C=O) groups is 1. The zero-order valence-corrected chi connectivity index (χ0v) is 13.9. The smallest absolute Gasteiger partial charge is 0.261 e. The van der Waals surface area contributed by atoms with Gasteiger partial charge in [-0.05, 0) is 37.5 Å². The van der Waals surface area contributed by atoms with E-state index < -0.39 is 19.9 Å². The predicted octanol–water partition coefficient (Wildman–Crippen LogP) is 1.56. The lowest BCUT2D eigenvalue weighted by Gasteiger charge is -2.23. The average molecular weight is 350 g/mol. The lowest BCUT2D eigenvalue weighted by atomic mass is 10.1. The molecule has 1 aliphatic heterocycles. The number of carbonyl (C=O) groups excluding carboxylic acids is 1. The van der Waals surface area contributed by atoms with Crippen molar-refractivity contribution in [3.63, 3.8) is 0 Å². The standard InChI is InChI=1S/C13H16ClNO4S2/c1-9-2-3-11(21(14,18)19)8-12(9)13(16)15-10-4-6-20(17)7-5-10/h2-3,8,10H,4-7H2,1H3,(H,15,16). The molecule has 1 amide bonds. The number of hydrogen-bond donors (Lipinski definition) is 1. The minimum atomic E-state index is -3.86. The minimum Gasteiger partial charge on any atom is -0.349 e. The van der Waals surface area contributed by atoms with Crippen LogP contribution < -0.4 is 5.32 Å². The largest absolute Gasteiger partial charge is 0.349 e. The number of aryl methyl sites for hydroxylation is 1. The van der Waals surface area contributed by atoms with Crippen LogP contribution in [0.1, 0.15) is 28.8 Å². The summed E-state index contributed by atoms with van der Waals surface area (Å²) in [7, 11) is 0.650. The summed E-state index contributed by atoms with van der Waals surface area (Å²) in [5.74, 6) is 0.840. The zero-order valence-electron chi connectivity index (χ0n) is 11.5. The molecule has 2 rings (SSSR count). The second-order valence-corrected chi connectivity index (χ2v) is 9.27. The Labute approximate surface area is 130 Å². The molecule has 0 spiro atoms. The molecule has 1 heterocycles. The third kappa shape index (κ3) is 4.28. The van der Waals surface area contributed by atoms with Gasteiger partial charge in [0.25, 0.3) is 15.0 Å². The SMILES string of the molecule is Cc1ccc(S(=O)(=O)Cl)cc1C(=O)NC1CCS(=O)CC1. The maximum Gasteiger partial charge on any atom is 0.261 e. The van der Waals surface area contributed by atoms with Gasteiger partial charge in [-0.1, -0.05) is 6.07 Å². The molecule has 0 saturated carbocycles. The Kier molecular flexibility index (Phi) is 5.06. The Morgan fingerprint density at radius 3 is 2.52 bits per heavy atom. The third-order valence-corrected chi connectivity index (χ3v) is 6.19. The quantitative estimate of drug-likeness (QED) is 0.840. The average Bonchev–Trinajstić information content (AvgIpc) is 2.40. The molecule has 1 fully saturated rings. The van der Waals surface area contributed by atoms with Gasteiger partial charge in [0.2, 0.25) is 0 Å². The second kappa shape index (κ2) is 6.46. The number of rotatable bonds is 3. The van der Waals surface area contributed by atoms with Crippen molar-refractivity contribution in [2.45, 2.75) is 30.7 Å². The maximum absolute atomic E-state index is 12.3. The molecule has 116 valence electrons. The molecular weight excluding hydrogens is 334 g/mol. The topological polar surface area (TPSA) is 80.3 Å². The number of halogens is 1. The van der Waals surface area contributed by atoms with E-state index in [9.17, 15) is 17.4 Å². The van der Waals surface area contributed by atoms with Crippen LogP contribution in [0.25, 0.3) is 0 Å². The van der Waals surface area contributed by atoms with E-state index in [2.05, 4.69) is 5.32 Å². The summed E-state index contributed by atoms with van der Waals surface area (Å²) in [4.78, 5) is 12.2. The molecule has 0 atom stereocenters. The number of amides is 1. The van der Waals surface area contributed by atoms with Gasteiger partial charge in [-0.25, -0.2) is 8.42 Å². The van der Waals surface area contributed by atoms with E-state index in [4.69, 9.17) is 10.7 Å². The Morgan fingerprint density at radius 2 is 1.95 bits per heavy atom. The van der Waals surface area contributed by atoms with E-state index in [0.717, 1.165) is 0 Å². The molecule has 1 aromatic rings. The zero-order chi connectivity index (χ0) is 15.6. The summed E-state index contributed by atoms with van der Waals surface area (Å²) in [6, 6.07) is 4.19. The number of hydrogen-bond acceptors (Lipinski definition) is 4. The van der Waals surface area contributed by atoms with Crippen LogP contribution in [0.2, 0.25) is 0 Å². The van der Waals surface area contributed by atoms with Crippen molar-refractivity contribution < 1.29 is 17.4 Å². The molecule has 0 aromatic heterocycles. The molecule has 0 aliphatic carbocycles. The summed E-state index contributed by atoms with van der Waals surface area (Å²) in [6.45, 7) is 1.73. The van der Waals surface area contributed by atoms with Crippen LogP contribution in [0.15, 0.2) is 23.1 Å². The molecule has 1 N–H and O–H groups in total. The molecule has 0 unspecified atom stereocenters. The van der Waals surface area contributed by atoms with Crippen molar-refractivity contribution in [2.75, 3.05) is 11.5 Å². The summed E-state index contributed by atoms with van der Waals surface area (Å²) in [6.07, 6.45) is 1.34. The highest BCUT2D eigenvalue weighted by Crippen LogP contribution is 2.20. The van der Waals surface area contributed by atoms with E-state index >= 15 is 0 Å². The van der Waals surface area contributed by atoms with Gasteiger partial charge in [-0.2, -0.15) is 0 Å². The summed E-state index contributed by atoms with van der Waals surface area (Å²) in [5, 5.41) is 2.86. The van der Waals surface area contributed by atoms with Gasteiger partial charge in [-0.3, -0.25) is 9.00 Å². The van der Waals surface area contributed by atoms with Gasteiger partial charge in [0.05, 0.1) is 4.90 Å². The van der Waals surface area contributed by atoms with E-state index in [1.165, 1.54) is 12.1 Å². The van der Waals surface area contributed by atoms with E-state index in [1.807, 2.05) is 0 Å². The molecule has 0 radical (unpaired) electrons. The first-order chi connectivity index (χ1) is 9.77. The van der Waals surface area contributed by atoms with Crippen molar-refractivity contribution in [2.24, 2.45) is 0 Å². The normalized spacial score (nSPS) is 22.8. The van der Waals surface area contributed by atoms with Gasteiger partial charge in [0, 0.05) is 44.6 Å². The molecule has 1 aromatic carbocycles. The highest BCUT2D eigenvalue weighted by Gasteiger charge is 2.22. The Morgan fingerprint density at radius 1 is 1.33 bits per heavy atom. The van der Waals surface area contributed by atoms with Gasteiger partial charge < -0.3 is 5.32 Å². The van der Waals surface area contributed by atoms with Gasteiger partial charge >= 0.3 is 0 Å². The Bertz CT molecular complexity index is 677. The van der Waals surface area contributed by atoms with Crippen molar-refractivity contribution in [3.05, 3.63) is 29.3 Å². The van der Waals surface area contributed by atoms with Crippen LogP contribution in [0.3, 0.4) is 0 Å². The Balaban J connectivity index is 2.17. The summed E-state index contributed by atoms with van der Waals surface area (Å²) >= 11 is 0.